The molecule has 0 aliphatic rings. The van der Waals surface area contributed by atoms with Crippen LogP contribution in [-0.2, 0) is 10.0 Å². The van der Waals surface area contributed by atoms with Crippen molar-refractivity contribution in [2.45, 2.75) is 11.8 Å². The number of hydrogen-bond donors (Lipinski definition) is 2. The smallest absolute Gasteiger partial charge is 0.263 e. The molecule has 1 amide bonds. The number of rotatable bonds is 5. The number of benzene rings is 3. The van der Waals surface area contributed by atoms with Crippen LogP contribution in [0.25, 0.3) is 0 Å². The van der Waals surface area contributed by atoms with Crippen molar-refractivity contribution in [3.63, 3.8) is 0 Å². The minimum atomic E-state index is -4.00. The third kappa shape index (κ3) is 4.65. The summed E-state index contributed by atoms with van der Waals surface area (Å²) in [7, 11) is -4.00. The first-order chi connectivity index (χ1) is 13.3. The van der Waals surface area contributed by atoms with Gasteiger partial charge in [-0.2, -0.15) is 0 Å². The zero-order chi connectivity index (χ0) is 20.3. The van der Waals surface area contributed by atoms with Crippen LogP contribution in [0.1, 0.15) is 15.9 Å². The maximum Gasteiger partial charge on any atom is 0.263 e. The van der Waals surface area contributed by atoms with Crippen LogP contribution in [0.2, 0.25) is 10.0 Å². The van der Waals surface area contributed by atoms with Crippen LogP contribution >= 0.6 is 23.2 Å². The largest absolute Gasteiger partial charge is 0.322 e. The van der Waals surface area contributed by atoms with Crippen molar-refractivity contribution in [2.24, 2.45) is 0 Å². The minimum absolute atomic E-state index is 0.00825. The van der Waals surface area contributed by atoms with E-state index in [-0.39, 0.29) is 15.5 Å². The van der Waals surface area contributed by atoms with Gasteiger partial charge in [0.1, 0.15) is 4.90 Å². The molecule has 3 aromatic carbocycles. The Hall–Kier alpha value is -2.54. The van der Waals surface area contributed by atoms with Gasteiger partial charge in [-0.3, -0.25) is 9.52 Å². The maximum absolute atomic E-state index is 12.7. The van der Waals surface area contributed by atoms with Gasteiger partial charge in [-0.25, -0.2) is 8.42 Å². The SMILES string of the molecule is Cc1ccccc1NC(=O)c1ccc(Cl)c(S(=O)(=O)Nc2ccc(Cl)cc2)c1. The molecule has 0 spiro atoms. The molecule has 0 heterocycles. The Morgan fingerprint density at radius 2 is 1.61 bits per heavy atom. The molecule has 0 fully saturated rings. The highest BCUT2D eigenvalue weighted by Crippen LogP contribution is 2.26. The number of carbonyl (C=O) groups excluding carboxylic acids is 1. The number of para-hydroxylation sites is 1. The molecule has 3 rings (SSSR count). The van der Waals surface area contributed by atoms with Crippen LogP contribution in [0, 0.1) is 6.92 Å². The van der Waals surface area contributed by atoms with E-state index in [1.54, 1.807) is 24.3 Å². The molecule has 144 valence electrons. The van der Waals surface area contributed by atoms with Crippen LogP contribution in [0.3, 0.4) is 0 Å². The van der Waals surface area contributed by atoms with Gasteiger partial charge in [-0.15, -0.1) is 0 Å². The molecule has 0 aromatic heterocycles. The molecule has 0 bridgehead atoms. The summed E-state index contributed by atoms with van der Waals surface area (Å²) in [5.41, 5.74) is 2.03. The van der Waals surface area contributed by atoms with Gasteiger partial charge >= 0.3 is 0 Å². The fourth-order valence-electron chi connectivity index (χ4n) is 2.49. The van der Waals surface area contributed by atoms with Gasteiger partial charge in [0.05, 0.1) is 5.02 Å². The predicted octanol–water partition coefficient (Wildman–Crippen LogP) is 5.35. The Balaban J connectivity index is 1.89. The van der Waals surface area contributed by atoms with E-state index in [9.17, 15) is 13.2 Å². The molecule has 8 heteroatoms. The van der Waals surface area contributed by atoms with E-state index >= 15 is 0 Å². The molecule has 0 saturated heterocycles. The van der Waals surface area contributed by atoms with Crippen molar-refractivity contribution < 1.29 is 13.2 Å². The number of hydrogen-bond acceptors (Lipinski definition) is 3. The molecule has 0 radical (unpaired) electrons. The standard InChI is InChI=1S/C20H16Cl2N2O3S/c1-13-4-2-3-5-18(13)23-20(25)14-6-11-17(22)19(12-14)28(26,27)24-16-9-7-15(21)8-10-16/h2-12,24H,1H3,(H,23,25). The van der Waals surface area contributed by atoms with E-state index in [1.807, 2.05) is 19.1 Å². The lowest BCUT2D eigenvalue weighted by atomic mass is 10.1. The molecule has 0 atom stereocenters. The summed E-state index contributed by atoms with van der Waals surface area (Å²) in [6.07, 6.45) is 0. The number of anilines is 2. The van der Waals surface area contributed by atoms with E-state index in [2.05, 4.69) is 10.0 Å². The molecule has 2 N–H and O–H groups in total. The summed E-state index contributed by atoms with van der Waals surface area (Å²) in [6.45, 7) is 1.86. The summed E-state index contributed by atoms with van der Waals surface area (Å²) in [6, 6.07) is 17.6. The van der Waals surface area contributed by atoms with Crippen LogP contribution in [-0.4, -0.2) is 14.3 Å². The summed E-state index contributed by atoms with van der Waals surface area (Å²) in [5, 5.41) is 3.26. The molecule has 0 aliphatic heterocycles. The Labute approximate surface area is 173 Å². The number of aryl methyl sites for hydroxylation is 1. The molecule has 0 saturated carbocycles. The number of nitrogens with one attached hydrogen (secondary N) is 2. The second-order valence-electron chi connectivity index (χ2n) is 6.03. The third-order valence-corrected chi connectivity index (χ3v) is 6.09. The van der Waals surface area contributed by atoms with Gasteiger partial charge in [0.15, 0.2) is 0 Å². The molecular formula is C20H16Cl2N2O3S. The van der Waals surface area contributed by atoms with Crippen LogP contribution in [0.4, 0.5) is 11.4 Å². The fourth-order valence-corrected chi connectivity index (χ4v) is 4.20. The Morgan fingerprint density at radius 3 is 2.29 bits per heavy atom. The molecule has 3 aromatic rings. The normalized spacial score (nSPS) is 11.1. The highest BCUT2D eigenvalue weighted by molar-refractivity contribution is 7.92. The number of halogens is 2. The predicted molar refractivity (Wildman–Crippen MR) is 113 cm³/mol. The zero-order valence-electron chi connectivity index (χ0n) is 14.7. The van der Waals surface area contributed by atoms with Crippen molar-refractivity contribution in [1.82, 2.24) is 0 Å². The van der Waals surface area contributed by atoms with Crippen LogP contribution in [0.5, 0.6) is 0 Å². The first-order valence-corrected chi connectivity index (χ1v) is 10.4. The van der Waals surface area contributed by atoms with Gasteiger partial charge < -0.3 is 5.32 Å². The average Bonchev–Trinajstić information content (AvgIpc) is 2.65. The number of sulfonamides is 1. The van der Waals surface area contributed by atoms with Gasteiger partial charge in [0.25, 0.3) is 15.9 Å². The molecule has 0 unspecified atom stereocenters. The quantitative estimate of drug-likeness (QED) is 0.567. The first-order valence-electron chi connectivity index (χ1n) is 8.21. The summed E-state index contributed by atoms with van der Waals surface area (Å²) in [4.78, 5) is 12.4. The lowest BCUT2D eigenvalue weighted by Crippen LogP contribution is -2.16. The number of carbonyl (C=O) groups is 1. The van der Waals surface area contributed by atoms with Crippen molar-refractivity contribution in [3.05, 3.63) is 87.9 Å². The third-order valence-electron chi connectivity index (χ3n) is 3.97. The molecule has 5 nitrogen and oxygen atoms in total. The highest BCUT2D eigenvalue weighted by atomic mass is 35.5. The van der Waals surface area contributed by atoms with Crippen molar-refractivity contribution in [3.8, 4) is 0 Å². The fraction of sp³-hybridized carbons (Fsp3) is 0.0500. The first kappa shape index (κ1) is 20.2. The number of amides is 1. The van der Waals surface area contributed by atoms with Gasteiger partial charge in [0, 0.05) is 22.0 Å². The topological polar surface area (TPSA) is 75.3 Å². The van der Waals surface area contributed by atoms with Crippen molar-refractivity contribution >= 4 is 50.5 Å². The van der Waals surface area contributed by atoms with Crippen molar-refractivity contribution in [2.75, 3.05) is 10.0 Å². The molecule has 28 heavy (non-hydrogen) atoms. The lowest BCUT2D eigenvalue weighted by molar-refractivity contribution is 0.102. The second-order valence-corrected chi connectivity index (χ2v) is 8.52. The lowest BCUT2D eigenvalue weighted by Gasteiger charge is -2.12. The summed E-state index contributed by atoms with van der Waals surface area (Å²) >= 11 is 11.9. The van der Waals surface area contributed by atoms with Crippen LogP contribution < -0.4 is 10.0 Å². The monoisotopic (exact) mass is 434 g/mol. The van der Waals surface area contributed by atoms with Gasteiger partial charge in [-0.1, -0.05) is 41.4 Å². The van der Waals surface area contributed by atoms with Gasteiger partial charge in [0.2, 0.25) is 0 Å². The zero-order valence-corrected chi connectivity index (χ0v) is 17.1. The van der Waals surface area contributed by atoms with E-state index in [0.717, 1.165) is 5.56 Å². The Morgan fingerprint density at radius 1 is 0.929 bits per heavy atom. The maximum atomic E-state index is 12.7. The average molecular weight is 435 g/mol. The summed E-state index contributed by atoms with van der Waals surface area (Å²) in [5.74, 6) is -0.436. The van der Waals surface area contributed by atoms with Gasteiger partial charge in [-0.05, 0) is 61.0 Å². The second kappa shape index (κ2) is 8.22. The van der Waals surface area contributed by atoms with E-state index < -0.39 is 15.9 Å². The summed E-state index contributed by atoms with van der Waals surface area (Å²) < 4.78 is 27.9. The molecular weight excluding hydrogens is 419 g/mol. The van der Waals surface area contributed by atoms with Crippen molar-refractivity contribution in [1.29, 1.82) is 0 Å². The van der Waals surface area contributed by atoms with E-state index in [4.69, 9.17) is 23.2 Å². The molecule has 0 aliphatic carbocycles. The Bertz CT molecular complexity index is 1130. The van der Waals surface area contributed by atoms with E-state index in [1.165, 1.54) is 30.3 Å². The van der Waals surface area contributed by atoms with E-state index in [0.29, 0.717) is 16.4 Å². The highest BCUT2D eigenvalue weighted by Gasteiger charge is 2.20. The Kier molecular flexibility index (Phi) is 5.93. The van der Waals surface area contributed by atoms with Crippen LogP contribution in [0.15, 0.2) is 71.6 Å². The minimum Gasteiger partial charge on any atom is -0.322 e.